The topological polar surface area (TPSA) is 52.3 Å². The Morgan fingerprint density at radius 2 is 2.35 bits per heavy atom. The first-order valence-corrected chi connectivity index (χ1v) is 7.03. The van der Waals surface area contributed by atoms with Crippen molar-refractivity contribution in [1.29, 1.82) is 0 Å². The molecule has 0 aliphatic heterocycles. The summed E-state index contributed by atoms with van der Waals surface area (Å²) in [7, 11) is 1.72. The van der Waals surface area contributed by atoms with E-state index in [0.29, 0.717) is 6.42 Å². The molecular formula is C13H22BrNO2. The molecule has 0 radical (unpaired) electrons. The van der Waals surface area contributed by atoms with Crippen molar-refractivity contribution < 1.29 is 9.53 Å². The highest BCUT2D eigenvalue weighted by Crippen LogP contribution is 2.47. The number of rotatable bonds is 7. The van der Waals surface area contributed by atoms with Crippen molar-refractivity contribution in [2.75, 3.05) is 13.7 Å². The second-order valence-electron chi connectivity index (χ2n) is 4.82. The number of hydrogen-bond donors (Lipinski definition) is 1. The van der Waals surface area contributed by atoms with E-state index in [-0.39, 0.29) is 11.3 Å². The van der Waals surface area contributed by atoms with Gasteiger partial charge in [0.25, 0.3) is 0 Å². The predicted molar refractivity (Wildman–Crippen MR) is 72.8 cm³/mol. The second kappa shape index (κ2) is 7.17. The summed E-state index contributed by atoms with van der Waals surface area (Å²) >= 11 is 3.63. The van der Waals surface area contributed by atoms with Gasteiger partial charge in [0, 0.05) is 25.6 Å². The summed E-state index contributed by atoms with van der Waals surface area (Å²) < 4.78 is 6.23. The molecule has 0 fully saturated rings. The van der Waals surface area contributed by atoms with Gasteiger partial charge in [0.05, 0.1) is 0 Å². The molecule has 0 spiro atoms. The minimum atomic E-state index is -0.205. The Morgan fingerprint density at radius 1 is 1.59 bits per heavy atom. The number of halogens is 1. The normalized spacial score (nSPS) is 24.5. The zero-order valence-corrected chi connectivity index (χ0v) is 12.1. The number of hydrogen-bond acceptors (Lipinski definition) is 2. The van der Waals surface area contributed by atoms with E-state index in [1.54, 1.807) is 7.11 Å². The third-order valence-corrected chi connectivity index (χ3v) is 4.62. The van der Waals surface area contributed by atoms with Crippen LogP contribution in [0.15, 0.2) is 10.6 Å². The first-order chi connectivity index (χ1) is 8.10. The molecule has 0 aromatic heterocycles. The molecule has 4 heteroatoms. The van der Waals surface area contributed by atoms with E-state index in [1.807, 2.05) is 0 Å². The van der Waals surface area contributed by atoms with Gasteiger partial charge in [0.1, 0.15) is 0 Å². The monoisotopic (exact) mass is 303 g/mol. The molecule has 0 aromatic carbocycles. The number of ether oxygens (including phenoxy) is 1. The highest BCUT2D eigenvalue weighted by atomic mass is 79.9. The van der Waals surface area contributed by atoms with Crippen LogP contribution in [0.3, 0.4) is 0 Å². The quantitative estimate of drug-likeness (QED) is 0.735. The molecule has 1 amide bonds. The van der Waals surface area contributed by atoms with Crippen LogP contribution in [-0.2, 0) is 9.53 Å². The Hall–Kier alpha value is -0.350. The number of nitrogens with two attached hydrogens (primary N) is 1. The zero-order valence-electron chi connectivity index (χ0n) is 10.5. The van der Waals surface area contributed by atoms with Crippen molar-refractivity contribution >= 4 is 21.8 Å². The molecular weight excluding hydrogens is 282 g/mol. The molecule has 17 heavy (non-hydrogen) atoms. The molecule has 1 aliphatic rings. The third-order valence-electron chi connectivity index (χ3n) is 3.46. The standard InChI is InChI=1S/C13H22BrNO2/c1-17-9-5-4-8-13(10-12(15)16)7-3-2-6-11(13)14/h6H,2-5,7-10H2,1H3,(H2,15,16)/t13-/m0/s1. The van der Waals surface area contributed by atoms with Crippen molar-refractivity contribution in [2.45, 2.75) is 44.9 Å². The second-order valence-corrected chi connectivity index (χ2v) is 5.67. The average molecular weight is 304 g/mol. The van der Waals surface area contributed by atoms with E-state index in [0.717, 1.165) is 45.1 Å². The fourth-order valence-corrected chi connectivity index (χ4v) is 3.32. The molecule has 0 unspecified atom stereocenters. The summed E-state index contributed by atoms with van der Waals surface area (Å²) in [6.07, 6.45) is 9.07. The minimum absolute atomic E-state index is 0.0438. The lowest BCUT2D eigenvalue weighted by Crippen LogP contribution is -2.30. The van der Waals surface area contributed by atoms with Gasteiger partial charge in [0.2, 0.25) is 5.91 Å². The van der Waals surface area contributed by atoms with Crippen LogP contribution < -0.4 is 5.73 Å². The van der Waals surface area contributed by atoms with E-state index < -0.39 is 0 Å². The molecule has 0 aromatic rings. The molecule has 3 nitrogen and oxygen atoms in total. The molecule has 1 aliphatic carbocycles. The zero-order chi connectivity index (χ0) is 12.7. The van der Waals surface area contributed by atoms with Gasteiger partial charge in [-0.1, -0.05) is 28.4 Å². The Bertz CT molecular complexity index is 291. The van der Waals surface area contributed by atoms with Gasteiger partial charge < -0.3 is 10.5 Å². The third kappa shape index (κ3) is 4.43. The van der Waals surface area contributed by atoms with Gasteiger partial charge >= 0.3 is 0 Å². The number of amides is 1. The molecule has 98 valence electrons. The van der Waals surface area contributed by atoms with Crippen LogP contribution in [0.2, 0.25) is 0 Å². The first kappa shape index (κ1) is 14.7. The summed E-state index contributed by atoms with van der Waals surface area (Å²) in [6.45, 7) is 0.786. The maximum atomic E-state index is 11.3. The fraction of sp³-hybridized carbons (Fsp3) is 0.769. The van der Waals surface area contributed by atoms with Crippen LogP contribution in [0.25, 0.3) is 0 Å². The smallest absolute Gasteiger partial charge is 0.218 e. The maximum absolute atomic E-state index is 11.3. The van der Waals surface area contributed by atoms with Crippen LogP contribution >= 0.6 is 15.9 Å². The van der Waals surface area contributed by atoms with Crippen molar-refractivity contribution in [3.8, 4) is 0 Å². The van der Waals surface area contributed by atoms with E-state index in [9.17, 15) is 4.79 Å². The molecule has 0 saturated carbocycles. The number of carbonyl (C=O) groups excluding carboxylic acids is 1. The van der Waals surface area contributed by atoms with Gasteiger partial charge in [-0.05, 0) is 36.6 Å². The lowest BCUT2D eigenvalue weighted by Gasteiger charge is -2.36. The van der Waals surface area contributed by atoms with Crippen LogP contribution in [0, 0.1) is 5.41 Å². The Balaban J connectivity index is 2.62. The van der Waals surface area contributed by atoms with Crippen LogP contribution in [-0.4, -0.2) is 19.6 Å². The molecule has 1 rings (SSSR count). The molecule has 0 bridgehead atoms. The van der Waals surface area contributed by atoms with Gasteiger partial charge in [-0.25, -0.2) is 0 Å². The highest BCUT2D eigenvalue weighted by molar-refractivity contribution is 9.11. The number of unbranched alkanes of at least 4 members (excludes halogenated alkanes) is 1. The average Bonchev–Trinajstić information content (AvgIpc) is 2.28. The fourth-order valence-electron chi connectivity index (χ4n) is 2.55. The number of primary amides is 1. The Morgan fingerprint density at radius 3 is 2.94 bits per heavy atom. The minimum Gasteiger partial charge on any atom is -0.385 e. The molecule has 1 atom stereocenters. The molecule has 0 heterocycles. The number of carbonyl (C=O) groups is 1. The van der Waals surface area contributed by atoms with Gasteiger partial charge in [-0.3, -0.25) is 4.79 Å². The summed E-state index contributed by atoms with van der Waals surface area (Å²) in [6, 6.07) is 0. The van der Waals surface area contributed by atoms with E-state index in [2.05, 4.69) is 22.0 Å². The Kier molecular flexibility index (Phi) is 6.20. The van der Waals surface area contributed by atoms with Crippen LogP contribution in [0.4, 0.5) is 0 Å². The van der Waals surface area contributed by atoms with E-state index in [4.69, 9.17) is 10.5 Å². The summed E-state index contributed by atoms with van der Waals surface area (Å²) in [5, 5.41) is 0. The van der Waals surface area contributed by atoms with Crippen LogP contribution in [0.5, 0.6) is 0 Å². The van der Waals surface area contributed by atoms with E-state index in [1.165, 1.54) is 4.48 Å². The van der Waals surface area contributed by atoms with Gasteiger partial charge in [0.15, 0.2) is 0 Å². The van der Waals surface area contributed by atoms with Crippen molar-refractivity contribution in [3.63, 3.8) is 0 Å². The maximum Gasteiger partial charge on any atom is 0.218 e. The SMILES string of the molecule is COCCCC[C@]1(CC(N)=O)CCCC=C1Br. The van der Waals surface area contributed by atoms with Crippen molar-refractivity contribution in [3.05, 3.63) is 10.6 Å². The first-order valence-electron chi connectivity index (χ1n) is 6.24. The van der Waals surface area contributed by atoms with Gasteiger partial charge in [-0.2, -0.15) is 0 Å². The summed E-state index contributed by atoms with van der Waals surface area (Å²) in [5.41, 5.74) is 5.35. The molecule has 2 N–H and O–H groups in total. The van der Waals surface area contributed by atoms with E-state index >= 15 is 0 Å². The summed E-state index contributed by atoms with van der Waals surface area (Å²) in [5.74, 6) is -0.205. The van der Waals surface area contributed by atoms with Crippen molar-refractivity contribution in [2.24, 2.45) is 11.1 Å². The molecule has 0 saturated heterocycles. The van der Waals surface area contributed by atoms with Crippen LogP contribution in [0.1, 0.15) is 44.9 Å². The van der Waals surface area contributed by atoms with Crippen molar-refractivity contribution in [1.82, 2.24) is 0 Å². The largest absolute Gasteiger partial charge is 0.385 e. The number of allylic oxidation sites excluding steroid dienone is 2. The lowest BCUT2D eigenvalue weighted by molar-refractivity contribution is -0.120. The van der Waals surface area contributed by atoms with Gasteiger partial charge in [-0.15, -0.1) is 0 Å². The highest BCUT2D eigenvalue weighted by Gasteiger charge is 2.35. The Labute approximate surface area is 112 Å². The summed E-state index contributed by atoms with van der Waals surface area (Å²) in [4.78, 5) is 11.3. The number of methoxy groups -OCH3 is 1. The lowest BCUT2D eigenvalue weighted by atomic mass is 9.72. The predicted octanol–water partition coefficient (Wildman–Crippen LogP) is 3.13.